The highest BCUT2D eigenvalue weighted by atomic mass is 16.5. The molecule has 0 spiro atoms. The molecule has 1 aliphatic carbocycles. The van der Waals surface area contributed by atoms with Gasteiger partial charge in [-0.15, -0.1) is 0 Å². The van der Waals surface area contributed by atoms with Crippen molar-refractivity contribution in [3.8, 4) is 0 Å². The van der Waals surface area contributed by atoms with E-state index in [-0.39, 0.29) is 6.10 Å². The van der Waals surface area contributed by atoms with Crippen LogP contribution in [0.2, 0.25) is 0 Å². The Balaban J connectivity index is 1.91. The standard InChI is InChI=1S/C15H31NO2/c1-3-4-5-6-7-8-11-18-15(13-17-2)12-16-14-9-10-14/h14-16H,3-13H2,1-2H3. The Morgan fingerprint density at radius 1 is 1.11 bits per heavy atom. The highest BCUT2D eigenvalue weighted by molar-refractivity contribution is 4.82. The molecule has 1 unspecified atom stereocenters. The van der Waals surface area contributed by atoms with Crippen molar-refractivity contribution in [1.82, 2.24) is 5.32 Å². The lowest BCUT2D eigenvalue weighted by Gasteiger charge is -2.17. The maximum Gasteiger partial charge on any atom is 0.0932 e. The van der Waals surface area contributed by atoms with Crippen molar-refractivity contribution in [3.05, 3.63) is 0 Å². The number of ether oxygens (including phenoxy) is 2. The first-order chi connectivity index (χ1) is 8.86. The van der Waals surface area contributed by atoms with E-state index in [1.165, 1.54) is 51.4 Å². The van der Waals surface area contributed by atoms with Crippen LogP contribution in [0, 0.1) is 0 Å². The fraction of sp³-hybridized carbons (Fsp3) is 1.00. The Kier molecular flexibility index (Phi) is 9.54. The molecule has 3 nitrogen and oxygen atoms in total. The van der Waals surface area contributed by atoms with Gasteiger partial charge < -0.3 is 14.8 Å². The molecule has 18 heavy (non-hydrogen) atoms. The molecule has 1 fully saturated rings. The lowest BCUT2D eigenvalue weighted by Crippen LogP contribution is -2.34. The Morgan fingerprint density at radius 3 is 2.50 bits per heavy atom. The van der Waals surface area contributed by atoms with Crippen molar-refractivity contribution >= 4 is 0 Å². The summed E-state index contributed by atoms with van der Waals surface area (Å²) in [6.45, 7) is 4.78. The molecule has 1 atom stereocenters. The summed E-state index contributed by atoms with van der Waals surface area (Å²) >= 11 is 0. The van der Waals surface area contributed by atoms with Crippen molar-refractivity contribution in [2.24, 2.45) is 0 Å². The summed E-state index contributed by atoms with van der Waals surface area (Å²) in [6, 6.07) is 0.752. The molecule has 0 radical (unpaired) electrons. The van der Waals surface area contributed by atoms with E-state index in [1.54, 1.807) is 7.11 Å². The SMILES string of the molecule is CCCCCCCCOC(CNC1CC1)COC. The third-order valence-electron chi connectivity index (χ3n) is 3.42. The fourth-order valence-corrected chi connectivity index (χ4v) is 2.07. The molecule has 0 aromatic heterocycles. The predicted molar refractivity (Wildman–Crippen MR) is 76.0 cm³/mol. The molecule has 1 rings (SSSR count). The van der Waals surface area contributed by atoms with Gasteiger partial charge in [-0.3, -0.25) is 0 Å². The lowest BCUT2D eigenvalue weighted by molar-refractivity contribution is -0.00261. The van der Waals surface area contributed by atoms with E-state index in [0.29, 0.717) is 6.61 Å². The molecule has 0 saturated heterocycles. The molecule has 1 N–H and O–H groups in total. The number of methoxy groups -OCH3 is 1. The van der Waals surface area contributed by atoms with Gasteiger partial charge in [0.25, 0.3) is 0 Å². The molecule has 0 heterocycles. The smallest absolute Gasteiger partial charge is 0.0932 e. The quantitative estimate of drug-likeness (QED) is 0.514. The molecule has 1 aliphatic rings. The number of nitrogens with one attached hydrogen (secondary N) is 1. The van der Waals surface area contributed by atoms with E-state index in [0.717, 1.165) is 19.2 Å². The first-order valence-electron chi connectivity index (χ1n) is 7.70. The third kappa shape index (κ3) is 8.90. The minimum Gasteiger partial charge on any atom is -0.382 e. The van der Waals surface area contributed by atoms with Crippen LogP contribution in [0.25, 0.3) is 0 Å². The maximum atomic E-state index is 5.88. The van der Waals surface area contributed by atoms with Crippen molar-refractivity contribution < 1.29 is 9.47 Å². The van der Waals surface area contributed by atoms with Crippen LogP contribution in [0.3, 0.4) is 0 Å². The van der Waals surface area contributed by atoms with Gasteiger partial charge in [0.15, 0.2) is 0 Å². The van der Waals surface area contributed by atoms with Crippen molar-refractivity contribution in [3.63, 3.8) is 0 Å². The van der Waals surface area contributed by atoms with Gasteiger partial charge in [0.1, 0.15) is 0 Å². The Labute approximate surface area is 113 Å². The topological polar surface area (TPSA) is 30.5 Å². The summed E-state index contributed by atoms with van der Waals surface area (Å²) in [5.74, 6) is 0. The minimum absolute atomic E-state index is 0.228. The monoisotopic (exact) mass is 257 g/mol. The van der Waals surface area contributed by atoms with E-state index < -0.39 is 0 Å². The van der Waals surface area contributed by atoms with Gasteiger partial charge in [-0.25, -0.2) is 0 Å². The predicted octanol–water partition coefficient (Wildman–Crippen LogP) is 3.13. The van der Waals surface area contributed by atoms with E-state index in [4.69, 9.17) is 9.47 Å². The molecule has 3 heteroatoms. The zero-order valence-corrected chi connectivity index (χ0v) is 12.2. The second-order valence-corrected chi connectivity index (χ2v) is 5.40. The highest BCUT2D eigenvalue weighted by Gasteiger charge is 2.21. The van der Waals surface area contributed by atoms with Gasteiger partial charge in [-0.1, -0.05) is 39.0 Å². The number of hydrogen-bond acceptors (Lipinski definition) is 3. The van der Waals surface area contributed by atoms with Crippen LogP contribution in [-0.2, 0) is 9.47 Å². The summed E-state index contributed by atoms with van der Waals surface area (Å²) in [7, 11) is 1.75. The summed E-state index contributed by atoms with van der Waals surface area (Å²) in [4.78, 5) is 0. The summed E-state index contributed by atoms with van der Waals surface area (Å²) < 4.78 is 11.1. The van der Waals surface area contributed by atoms with Crippen LogP contribution in [0.15, 0.2) is 0 Å². The van der Waals surface area contributed by atoms with Crippen LogP contribution in [0.4, 0.5) is 0 Å². The molecule has 0 aromatic carbocycles. The van der Waals surface area contributed by atoms with Gasteiger partial charge >= 0.3 is 0 Å². The lowest BCUT2D eigenvalue weighted by atomic mass is 10.1. The van der Waals surface area contributed by atoms with E-state index in [1.807, 2.05) is 0 Å². The van der Waals surface area contributed by atoms with Crippen LogP contribution in [-0.4, -0.2) is 39.0 Å². The zero-order valence-electron chi connectivity index (χ0n) is 12.2. The average Bonchev–Trinajstić information content (AvgIpc) is 3.18. The molecule has 0 aromatic rings. The van der Waals surface area contributed by atoms with Crippen LogP contribution in [0.5, 0.6) is 0 Å². The second kappa shape index (κ2) is 10.8. The summed E-state index contributed by atoms with van der Waals surface area (Å²) in [6.07, 6.45) is 10.8. The minimum atomic E-state index is 0.228. The first kappa shape index (κ1) is 15.9. The molecule has 0 aliphatic heterocycles. The van der Waals surface area contributed by atoms with Crippen molar-refractivity contribution in [2.75, 3.05) is 26.9 Å². The normalized spacial score (nSPS) is 17.0. The zero-order chi connectivity index (χ0) is 13.1. The second-order valence-electron chi connectivity index (χ2n) is 5.40. The summed E-state index contributed by atoms with van der Waals surface area (Å²) in [5.41, 5.74) is 0. The Morgan fingerprint density at radius 2 is 1.83 bits per heavy atom. The molecule has 1 saturated carbocycles. The molecule has 108 valence electrons. The molecular formula is C15H31NO2. The highest BCUT2D eigenvalue weighted by Crippen LogP contribution is 2.18. The number of hydrogen-bond donors (Lipinski definition) is 1. The Hall–Kier alpha value is -0.120. The average molecular weight is 257 g/mol. The van der Waals surface area contributed by atoms with Gasteiger partial charge in [-0.05, 0) is 19.3 Å². The van der Waals surface area contributed by atoms with Gasteiger partial charge in [0.05, 0.1) is 12.7 Å². The summed E-state index contributed by atoms with van der Waals surface area (Å²) in [5, 5.41) is 3.51. The Bertz CT molecular complexity index is 183. The van der Waals surface area contributed by atoms with Crippen molar-refractivity contribution in [1.29, 1.82) is 0 Å². The first-order valence-corrected chi connectivity index (χ1v) is 7.70. The van der Waals surface area contributed by atoms with Gasteiger partial charge in [0, 0.05) is 26.3 Å². The van der Waals surface area contributed by atoms with E-state index in [9.17, 15) is 0 Å². The molecule has 0 amide bonds. The number of unbranched alkanes of at least 4 members (excludes halogenated alkanes) is 5. The van der Waals surface area contributed by atoms with E-state index >= 15 is 0 Å². The van der Waals surface area contributed by atoms with Gasteiger partial charge in [0.2, 0.25) is 0 Å². The molecular weight excluding hydrogens is 226 g/mol. The molecule has 0 bridgehead atoms. The largest absolute Gasteiger partial charge is 0.382 e. The van der Waals surface area contributed by atoms with Gasteiger partial charge in [-0.2, -0.15) is 0 Å². The van der Waals surface area contributed by atoms with E-state index in [2.05, 4.69) is 12.2 Å². The van der Waals surface area contributed by atoms with Crippen LogP contribution < -0.4 is 5.32 Å². The van der Waals surface area contributed by atoms with Crippen molar-refractivity contribution in [2.45, 2.75) is 70.4 Å². The van der Waals surface area contributed by atoms with Crippen LogP contribution >= 0.6 is 0 Å². The third-order valence-corrected chi connectivity index (χ3v) is 3.42. The maximum absolute atomic E-state index is 5.88. The van der Waals surface area contributed by atoms with Crippen LogP contribution in [0.1, 0.15) is 58.3 Å². The number of rotatable bonds is 13. The fourth-order valence-electron chi connectivity index (χ4n) is 2.07.